The van der Waals surface area contributed by atoms with Gasteiger partial charge in [0.2, 0.25) is 0 Å². The number of rotatable bonds is 5. The van der Waals surface area contributed by atoms with E-state index in [1.165, 1.54) is 6.33 Å². The van der Waals surface area contributed by atoms with Crippen LogP contribution in [0.2, 0.25) is 0 Å². The van der Waals surface area contributed by atoms with Crippen molar-refractivity contribution in [2.45, 2.75) is 12.5 Å². The van der Waals surface area contributed by atoms with Crippen molar-refractivity contribution in [2.75, 3.05) is 29.5 Å². The first kappa shape index (κ1) is 21.0. The van der Waals surface area contributed by atoms with E-state index in [2.05, 4.69) is 20.9 Å². The minimum atomic E-state index is 0.152. The largest absolute Gasteiger partial charge is 0.457 e. The van der Waals surface area contributed by atoms with Crippen molar-refractivity contribution in [1.82, 2.24) is 19.7 Å². The summed E-state index contributed by atoms with van der Waals surface area (Å²) in [5.41, 5.74) is 16.3. The lowest BCUT2D eigenvalue weighted by molar-refractivity contribution is 0.482. The molecule has 4 N–H and O–H groups in total. The van der Waals surface area contributed by atoms with Crippen molar-refractivity contribution in [3.05, 3.63) is 85.2 Å². The standard InChI is InChI=1S/C27H24N7O/c28-19-8-10-20(11-9-19)33-15-14-21(16-33)34-27-24(26(29)30-17-31-27)25(32-34)18-6-12-23(13-7-18)35-22-4-2-1-3-5-22/h1-8,10-13,17,21H,14-16,28H2,(H2,29,30,31). The topological polar surface area (TPSA) is 108 Å². The second-order valence-corrected chi connectivity index (χ2v) is 8.58. The number of fused-ring (bicyclic) bond motifs is 1. The number of ether oxygens (including phenoxy) is 1. The third-order valence-corrected chi connectivity index (χ3v) is 6.32. The van der Waals surface area contributed by atoms with E-state index in [1.807, 2.05) is 77.5 Å². The average Bonchev–Trinajstić information content (AvgIpc) is 3.52. The Hall–Kier alpha value is -4.59. The van der Waals surface area contributed by atoms with Gasteiger partial charge in [-0.3, -0.25) is 0 Å². The SMILES string of the molecule is Nc1[c]cc(N2CCC(n3nc(-c4ccc(Oc5ccccc5)cc4)c4c(N)ncnc43)C2)cc1. The van der Waals surface area contributed by atoms with E-state index in [0.29, 0.717) is 11.5 Å². The van der Waals surface area contributed by atoms with Crippen LogP contribution in [0, 0.1) is 6.07 Å². The summed E-state index contributed by atoms with van der Waals surface area (Å²) in [4.78, 5) is 11.1. The van der Waals surface area contributed by atoms with Gasteiger partial charge in [-0.25, -0.2) is 14.6 Å². The Kier molecular flexibility index (Phi) is 5.18. The van der Waals surface area contributed by atoms with Crippen LogP contribution in [-0.4, -0.2) is 32.8 Å². The van der Waals surface area contributed by atoms with Crippen LogP contribution in [0.5, 0.6) is 11.5 Å². The molecule has 3 aromatic carbocycles. The Morgan fingerprint density at radius 3 is 2.49 bits per heavy atom. The van der Waals surface area contributed by atoms with Crippen LogP contribution in [0.3, 0.4) is 0 Å². The Labute approximate surface area is 202 Å². The maximum absolute atomic E-state index is 6.32. The number of hydrogen-bond acceptors (Lipinski definition) is 7. The first-order valence-electron chi connectivity index (χ1n) is 11.5. The van der Waals surface area contributed by atoms with Crippen LogP contribution in [0.4, 0.5) is 17.2 Å². The van der Waals surface area contributed by atoms with Gasteiger partial charge >= 0.3 is 0 Å². The average molecular weight is 463 g/mol. The highest BCUT2D eigenvalue weighted by atomic mass is 16.5. The molecule has 5 aromatic rings. The summed E-state index contributed by atoms with van der Waals surface area (Å²) in [6, 6.07) is 26.6. The fraction of sp³-hybridized carbons (Fsp3) is 0.148. The molecule has 8 heteroatoms. The van der Waals surface area contributed by atoms with Gasteiger partial charge in [0.1, 0.15) is 29.3 Å². The van der Waals surface area contributed by atoms with Crippen molar-refractivity contribution in [3.63, 3.8) is 0 Å². The Balaban J connectivity index is 1.32. The fourth-order valence-electron chi connectivity index (χ4n) is 4.56. The quantitative estimate of drug-likeness (QED) is 0.364. The first-order chi connectivity index (χ1) is 17.2. The summed E-state index contributed by atoms with van der Waals surface area (Å²) in [5, 5.41) is 5.76. The zero-order valence-corrected chi connectivity index (χ0v) is 19.0. The van der Waals surface area contributed by atoms with E-state index < -0.39 is 0 Å². The highest BCUT2D eigenvalue weighted by Gasteiger charge is 2.28. The molecule has 2 aromatic heterocycles. The third kappa shape index (κ3) is 3.99. The van der Waals surface area contributed by atoms with E-state index in [1.54, 1.807) is 0 Å². The number of nitrogens with zero attached hydrogens (tertiary/aromatic N) is 5. The van der Waals surface area contributed by atoms with Crippen LogP contribution in [0.25, 0.3) is 22.3 Å². The number of anilines is 3. The molecule has 173 valence electrons. The van der Waals surface area contributed by atoms with Crippen molar-refractivity contribution in [1.29, 1.82) is 0 Å². The smallest absolute Gasteiger partial charge is 0.164 e. The zero-order valence-electron chi connectivity index (χ0n) is 19.0. The maximum atomic E-state index is 6.32. The summed E-state index contributed by atoms with van der Waals surface area (Å²) < 4.78 is 7.94. The Morgan fingerprint density at radius 1 is 0.914 bits per heavy atom. The Morgan fingerprint density at radius 2 is 1.71 bits per heavy atom. The van der Waals surface area contributed by atoms with Gasteiger partial charge in [-0.2, -0.15) is 5.10 Å². The molecule has 1 unspecified atom stereocenters. The molecule has 1 aliphatic heterocycles. The van der Waals surface area contributed by atoms with Gasteiger partial charge in [0.15, 0.2) is 5.65 Å². The van der Waals surface area contributed by atoms with E-state index in [-0.39, 0.29) is 6.04 Å². The molecule has 0 aliphatic carbocycles. The second kappa shape index (κ2) is 8.64. The molecule has 8 nitrogen and oxygen atoms in total. The second-order valence-electron chi connectivity index (χ2n) is 8.58. The number of para-hydroxylation sites is 1. The highest BCUT2D eigenvalue weighted by Crippen LogP contribution is 2.35. The fourth-order valence-corrected chi connectivity index (χ4v) is 4.56. The number of benzene rings is 3. The van der Waals surface area contributed by atoms with Crippen LogP contribution in [-0.2, 0) is 0 Å². The lowest BCUT2D eigenvalue weighted by atomic mass is 10.1. The van der Waals surface area contributed by atoms with Crippen LogP contribution < -0.4 is 21.1 Å². The molecule has 35 heavy (non-hydrogen) atoms. The predicted molar refractivity (Wildman–Crippen MR) is 137 cm³/mol. The van der Waals surface area contributed by atoms with E-state index in [4.69, 9.17) is 21.3 Å². The minimum absolute atomic E-state index is 0.152. The number of hydrogen-bond donors (Lipinski definition) is 2. The molecule has 6 rings (SSSR count). The molecule has 0 spiro atoms. The summed E-state index contributed by atoms with van der Waals surface area (Å²) in [6.07, 6.45) is 2.44. The lowest BCUT2D eigenvalue weighted by Crippen LogP contribution is -2.21. The summed E-state index contributed by atoms with van der Waals surface area (Å²) in [5.74, 6) is 1.96. The third-order valence-electron chi connectivity index (χ3n) is 6.32. The summed E-state index contributed by atoms with van der Waals surface area (Å²) in [7, 11) is 0. The van der Waals surface area contributed by atoms with Crippen LogP contribution in [0.1, 0.15) is 12.5 Å². The van der Waals surface area contributed by atoms with Gasteiger partial charge in [-0.15, -0.1) is 0 Å². The first-order valence-corrected chi connectivity index (χ1v) is 11.5. The molecule has 1 radical (unpaired) electrons. The van der Waals surface area contributed by atoms with Gasteiger partial charge < -0.3 is 21.1 Å². The maximum Gasteiger partial charge on any atom is 0.164 e. The molecule has 1 aliphatic rings. The van der Waals surface area contributed by atoms with Gasteiger partial charge in [0.05, 0.1) is 11.4 Å². The van der Waals surface area contributed by atoms with E-state index in [9.17, 15) is 0 Å². The van der Waals surface area contributed by atoms with Gasteiger partial charge in [0, 0.05) is 36.1 Å². The van der Waals surface area contributed by atoms with Crippen LogP contribution in [0.15, 0.2) is 79.1 Å². The molecule has 0 bridgehead atoms. The Bertz CT molecular complexity index is 1460. The van der Waals surface area contributed by atoms with E-state index in [0.717, 1.165) is 59.0 Å². The monoisotopic (exact) mass is 462 g/mol. The van der Waals surface area contributed by atoms with Crippen molar-refractivity contribution >= 4 is 28.2 Å². The molecule has 1 atom stereocenters. The van der Waals surface area contributed by atoms with E-state index >= 15 is 0 Å². The summed E-state index contributed by atoms with van der Waals surface area (Å²) >= 11 is 0. The number of aromatic nitrogens is 4. The van der Waals surface area contributed by atoms with Crippen molar-refractivity contribution < 1.29 is 4.74 Å². The minimum Gasteiger partial charge on any atom is -0.457 e. The molecular weight excluding hydrogens is 438 g/mol. The van der Waals surface area contributed by atoms with Gasteiger partial charge in [-0.05, 0) is 61.0 Å². The molecule has 1 fully saturated rings. The van der Waals surface area contributed by atoms with Crippen molar-refractivity contribution in [3.8, 4) is 22.8 Å². The summed E-state index contributed by atoms with van der Waals surface area (Å²) in [6.45, 7) is 1.72. The van der Waals surface area contributed by atoms with Gasteiger partial charge in [-0.1, -0.05) is 18.2 Å². The molecule has 0 amide bonds. The number of nitrogens with two attached hydrogens (primary N) is 2. The molecule has 3 heterocycles. The normalized spacial score (nSPS) is 15.5. The van der Waals surface area contributed by atoms with Crippen molar-refractivity contribution in [2.24, 2.45) is 0 Å². The van der Waals surface area contributed by atoms with Crippen LogP contribution >= 0.6 is 0 Å². The van der Waals surface area contributed by atoms with Gasteiger partial charge in [0.25, 0.3) is 0 Å². The number of nitrogen functional groups attached to an aromatic ring is 2. The zero-order chi connectivity index (χ0) is 23.8. The predicted octanol–water partition coefficient (Wildman–Crippen LogP) is 4.70. The molecule has 0 saturated carbocycles. The molecule has 1 saturated heterocycles. The molecular formula is C27H24N7O. The highest BCUT2D eigenvalue weighted by molar-refractivity contribution is 5.98. The lowest BCUT2D eigenvalue weighted by Gasteiger charge is -2.19.